The Morgan fingerprint density at radius 2 is 1.89 bits per heavy atom. The Morgan fingerprint density at radius 3 is 2.46 bits per heavy atom. The topological polar surface area (TPSA) is 91.8 Å². The summed E-state index contributed by atoms with van der Waals surface area (Å²) in [4.78, 5) is 27.8. The Bertz CT molecular complexity index is 797. The molecular weight excluding hydrogens is 358 g/mol. The van der Waals surface area contributed by atoms with Crippen LogP contribution >= 0.6 is 0 Å². The number of pyridine rings is 1. The summed E-state index contributed by atoms with van der Waals surface area (Å²) in [6.45, 7) is 3.73. The standard InChI is InChI=1S/C21H25N3O4/c1-15(25)22-12-16-2-4-18(5-3-16)20-7-6-19(13-23-20)28-14-17-8-10-24(11-9-17)21(26)27/h2-7,13,17H,8-12,14H2,1H3,(H,22,25)(H,26,27). The number of hydrogen-bond donors (Lipinski definition) is 2. The fourth-order valence-electron chi connectivity index (χ4n) is 3.16. The average molecular weight is 383 g/mol. The Hall–Kier alpha value is -3.09. The zero-order valence-electron chi connectivity index (χ0n) is 15.9. The minimum atomic E-state index is -0.845. The fraction of sp³-hybridized carbons (Fsp3) is 0.381. The number of likely N-dealkylation sites (tertiary alicyclic amines) is 1. The van der Waals surface area contributed by atoms with E-state index in [-0.39, 0.29) is 5.91 Å². The van der Waals surface area contributed by atoms with Gasteiger partial charge < -0.3 is 20.1 Å². The first kappa shape index (κ1) is 19.7. The number of benzene rings is 1. The molecule has 2 aromatic rings. The van der Waals surface area contributed by atoms with Crippen molar-refractivity contribution < 1.29 is 19.4 Å². The van der Waals surface area contributed by atoms with Gasteiger partial charge in [0.1, 0.15) is 5.75 Å². The number of piperidine rings is 1. The Labute approximate surface area is 164 Å². The second-order valence-electron chi connectivity index (χ2n) is 7.01. The van der Waals surface area contributed by atoms with Crippen molar-refractivity contribution in [1.82, 2.24) is 15.2 Å². The molecule has 0 aliphatic carbocycles. The van der Waals surface area contributed by atoms with E-state index in [2.05, 4.69) is 10.3 Å². The third-order valence-electron chi connectivity index (χ3n) is 4.90. The van der Waals surface area contributed by atoms with Crippen molar-refractivity contribution in [2.45, 2.75) is 26.3 Å². The van der Waals surface area contributed by atoms with E-state index in [1.54, 1.807) is 6.20 Å². The van der Waals surface area contributed by atoms with Gasteiger partial charge >= 0.3 is 6.09 Å². The number of aromatic nitrogens is 1. The zero-order chi connectivity index (χ0) is 19.9. The summed E-state index contributed by atoms with van der Waals surface area (Å²) >= 11 is 0. The third-order valence-corrected chi connectivity index (χ3v) is 4.90. The van der Waals surface area contributed by atoms with Crippen LogP contribution in [0, 0.1) is 5.92 Å². The molecule has 7 nitrogen and oxygen atoms in total. The van der Waals surface area contributed by atoms with Gasteiger partial charge in [-0.3, -0.25) is 9.78 Å². The van der Waals surface area contributed by atoms with Gasteiger partial charge in [-0.25, -0.2) is 4.79 Å². The number of carbonyl (C=O) groups excluding carboxylic acids is 1. The lowest BCUT2D eigenvalue weighted by Gasteiger charge is -2.29. The maximum Gasteiger partial charge on any atom is 0.407 e. The maximum atomic E-state index is 11.0. The predicted octanol–water partition coefficient (Wildman–Crippen LogP) is 3.15. The van der Waals surface area contributed by atoms with Crippen LogP contribution < -0.4 is 10.1 Å². The van der Waals surface area contributed by atoms with Crippen LogP contribution in [-0.2, 0) is 11.3 Å². The van der Waals surface area contributed by atoms with Crippen molar-refractivity contribution in [3.63, 3.8) is 0 Å². The molecule has 0 spiro atoms. The first-order valence-corrected chi connectivity index (χ1v) is 9.42. The first-order valence-electron chi connectivity index (χ1n) is 9.42. The van der Waals surface area contributed by atoms with E-state index in [9.17, 15) is 9.59 Å². The summed E-state index contributed by atoms with van der Waals surface area (Å²) in [5.41, 5.74) is 2.89. The molecule has 0 unspecified atom stereocenters. The van der Waals surface area contributed by atoms with Gasteiger partial charge in [-0.2, -0.15) is 0 Å². The molecule has 0 bridgehead atoms. The summed E-state index contributed by atoms with van der Waals surface area (Å²) in [6, 6.07) is 11.7. The monoisotopic (exact) mass is 383 g/mol. The highest BCUT2D eigenvalue weighted by Gasteiger charge is 2.22. The first-order chi connectivity index (χ1) is 13.5. The fourth-order valence-corrected chi connectivity index (χ4v) is 3.16. The van der Waals surface area contributed by atoms with Gasteiger partial charge in [0.25, 0.3) is 0 Å². The molecule has 7 heteroatoms. The molecule has 1 saturated heterocycles. The minimum Gasteiger partial charge on any atom is -0.492 e. The SMILES string of the molecule is CC(=O)NCc1ccc(-c2ccc(OCC3CCN(C(=O)O)CC3)cn2)cc1. The summed E-state index contributed by atoms with van der Waals surface area (Å²) in [6.07, 6.45) is 2.51. The highest BCUT2D eigenvalue weighted by atomic mass is 16.5. The summed E-state index contributed by atoms with van der Waals surface area (Å²) in [5.74, 6) is 1.03. The van der Waals surface area contributed by atoms with E-state index in [0.717, 1.165) is 29.7 Å². The molecule has 3 rings (SSSR count). The molecule has 2 heterocycles. The van der Waals surface area contributed by atoms with Crippen LogP contribution in [0.4, 0.5) is 4.79 Å². The van der Waals surface area contributed by atoms with E-state index in [1.165, 1.54) is 11.8 Å². The highest BCUT2D eigenvalue weighted by molar-refractivity contribution is 5.72. The maximum absolute atomic E-state index is 11.0. The van der Waals surface area contributed by atoms with E-state index in [0.29, 0.717) is 37.9 Å². The quantitative estimate of drug-likeness (QED) is 0.799. The summed E-state index contributed by atoms with van der Waals surface area (Å²) < 4.78 is 5.84. The van der Waals surface area contributed by atoms with Gasteiger partial charge in [-0.15, -0.1) is 0 Å². The molecule has 0 saturated carbocycles. The number of carbonyl (C=O) groups is 2. The molecule has 28 heavy (non-hydrogen) atoms. The number of ether oxygens (including phenoxy) is 1. The minimum absolute atomic E-state index is 0.0474. The number of carboxylic acid groups (broad SMARTS) is 1. The molecule has 1 aliphatic rings. The van der Waals surface area contributed by atoms with Crippen LogP contribution in [0.5, 0.6) is 5.75 Å². The number of nitrogens with one attached hydrogen (secondary N) is 1. The van der Waals surface area contributed by atoms with Gasteiger partial charge in [-0.05, 0) is 36.5 Å². The van der Waals surface area contributed by atoms with E-state index < -0.39 is 6.09 Å². The van der Waals surface area contributed by atoms with Crippen molar-refractivity contribution in [2.24, 2.45) is 5.92 Å². The largest absolute Gasteiger partial charge is 0.492 e. The molecule has 148 valence electrons. The van der Waals surface area contributed by atoms with Crippen molar-refractivity contribution in [1.29, 1.82) is 0 Å². The predicted molar refractivity (Wildman–Crippen MR) is 105 cm³/mol. The van der Waals surface area contributed by atoms with Gasteiger partial charge in [0.2, 0.25) is 5.91 Å². The number of amides is 2. The molecule has 1 aromatic carbocycles. The van der Waals surface area contributed by atoms with Crippen molar-refractivity contribution in [3.05, 3.63) is 48.2 Å². The molecule has 2 N–H and O–H groups in total. The Morgan fingerprint density at radius 1 is 1.18 bits per heavy atom. The second-order valence-corrected chi connectivity index (χ2v) is 7.01. The third kappa shape index (κ3) is 5.45. The molecule has 1 aliphatic heterocycles. The van der Waals surface area contributed by atoms with Crippen LogP contribution in [0.25, 0.3) is 11.3 Å². The van der Waals surface area contributed by atoms with Crippen LogP contribution in [0.15, 0.2) is 42.6 Å². The lowest BCUT2D eigenvalue weighted by molar-refractivity contribution is -0.119. The molecule has 2 amide bonds. The van der Waals surface area contributed by atoms with Crippen molar-refractivity contribution in [3.8, 4) is 17.0 Å². The molecule has 1 fully saturated rings. The molecule has 1 aromatic heterocycles. The molecule has 0 radical (unpaired) electrons. The van der Waals surface area contributed by atoms with E-state index in [4.69, 9.17) is 9.84 Å². The highest BCUT2D eigenvalue weighted by Crippen LogP contribution is 2.22. The number of hydrogen-bond acceptors (Lipinski definition) is 4. The summed E-state index contributed by atoms with van der Waals surface area (Å²) in [5, 5.41) is 11.8. The number of rotatable bonds is 6. The van der Waals surface area contributed by atoms with Gasteiger partial charge in [-0.1, -0.05) is 24.3 Å². The van der Waals surface area contributed by atoms with Crippen molar-refractivity contribution >= 4 is 12.0 Å². The van der Waals surface area contributed by atoms with Crippen LogP contribution in [-0.4, -0.2) is 46.7 Å². The average Bonchev–Trinajstić information content (AvgIpc) is 2.72. The van der Waals surface area contributed by atoms with Gasteiger partial charge in [0.15, 0.2) is 0 Å². The lowest BCUT2D eigenvalue weighted by atomic mass is 9.98. The Kier molecular flexibility index (Phi) is 6.47. The van der Waals surface area contributed by atoms with Gasteiger partial charge in [0.05, 0.1) is 18.5 Å². The van der Waals surface area contributed by atoms with Crippen LogP contribution in [0.2, 0.25) is 0 Å². The van der Waals surface area contributed by atoms with E-state index >= 15 is 0 Å². The molecule has 0 atom stereocenters. The van der Waals surface area contributed by atoms with Gasteiger partial charge in [0, 0.05) is 32.1 Å². The normalized spacial score (nSPS) is 14.5. The smallest absolute Gasteiger partial charge is 0.407 e. The van der Waals surface area contributed by atoms with Crippen molar-refractivity contribution in [2.75, 3.05) is 19.7 Å². The van der Waals surface area contributed by atoms with Crippen LogP contribution in [0.3, 0.4) is 0 Å². The zero-order valence-corrected chi connectivity index (χ0v) is 15.9. The lowest BCUT2D eigenvalue weighted by Crippen LogP contribution is -2.38. The molecular formula is C21H25N3O4. The van der Waals surface area contributed by atoms with Crippen LogP contribution in [0.1, 0.15) is 25.3 Å². The second kappa shape index (κ2) is 9.21. The summed E-state index contributed by atoms with van der Waals surface area (Å²) in [7, 11) is 0. The van der Waals surface area contributed by atoms with E-state index in [1.807, 2.05) is 36.4 Å². The Balaban J connectivity index is 1.49. The number of nitrogens with zero attached hydrogens (tertiary/aromatic N) is 2.